The van der Waals surface area contributed by atoms with Crippen LogP contribution in [-0.4, -0.2) is 39.7 Å². The maximum absolute atomic E-state index is 12.0. The van der Waals surface area contributed by atoms with Gasteiger partial charge < -0.3 is 10.2 Å². The van der Waals surface area contributed by atoms with Gasteiger partial charge in [0.15, 0.2) is 0 Å². The largest absolute Gasteiger partial charge is 0.367 e. The van der Waals surface area contributed by atoms with Crippen molar-refractivity contribution in [1.29, 1.82) is 0 Å². The number of aromatic nitrogens is 3. The third-order valence-electron chi connectivity index (χ3n) is 3.71. The van der Waals surface area contributed by atoms with Crippen molar-refractivity contribution in [3.8, 4) is 0 Å². The number of carbonyl (C=O) groups excluding carboxylic acids is 1. The van der Waals surface area contributed by atoms with E-state index in [2.05, 4.69) is 44.5 Å². The molecule has 2 aromatic rings. The highest BCUT2D eigenvalue weighted by atomic mass is 16.2. The first kappa shape index (κ1) is 13.4. The fourth-order valence-electron chi connectivity index (χ4n) is 2.75. The van der Waals surface area contributed by atoms with Crippen molar-refractivity contribution in [1.82, 2.24) is 20.5 Å². The molecule has 1 aliphatic rings. The Morgan fingerprint density at radius 1 is 1.38 bits per heavy atom. The minimum atomic E-state index is -0.481. The van der Waals surface area contributed by atoms with E-state index in [0.29, 0.717) is 6.04 Å². The van der Waals surface area contributed by atoms with Crippen molar-refractivity contribution in [2.24, 2.45) is 0 Å². The van der Waals surface area contributed by atoms with Gasteiger partial charge in [0.25, 0.3) is 5.91 Å². The molecule has 7 heteroatoms. The summed E-state index contributed by atoms with van der Waals surface area (Å²) < 4.78 is 0. The van der Waals surface area contributed by atoms with E-state index in [1.54, 1.807) is 0 Å². The van der Waals surface area contributed by atoms with E-state index in [-0.39, 0.29) is 17.8 Å². The first-order chi connectivity index (χ1) is 10.1. The quantitative estimate of drug-likeness (QED) is 0.766. The summed E-state index contributed by atoms with van der Waals surface area (Å²) in [7, 11) is 0. The maximum atomic E-state index is 12.0. The predicted molar refractivity (Wildman–Crippen MR) is 78.3 cm³/mol. The van der Waals surface area contributed by atoms with Crippen LogP contribution in [-0.2, 0) is 0 Å². The summed E-state index contributed by atoms with van der Waals surface area (Å²) in [6.45, 7) is 2.88. The van der Waals surface area contributed by atoms with E-state index in [1.807, 2.05) is 18.2 Å². The van der Waals surface area contributed by atoms with Gasteiger partial charge in [-0.05, 0) is 25.5 Å². The number of anilines is 1. The number of benzene rings is 1. The van der Waals surface area contributed by atoms with Crippen molar-refractivity contribution in [3.05, 3.63) is 46.6 Å². The highest BCUT2D eigenvalue weighted by molar-refractivity contribution is 5.90. The molecule has 3 rings (SSSR count). The second-order valence-corrected chi connectivity index (χ2v) is 5.27. The topological polar surface area (TPSA) is 93.9 Å². The number of rotatable bonds is 3. The van der Waals surface area contributed by atoms with Crippen molar-refractivity contribution in [3.63, 3.8) is 0 Å². The molecule has 1 saturated heterocycles. The van der Waals surface area contributed by atoms with Crippen LogP contribution in [0.5, 0.6) is 0 Å². The molecule has 2 heterocycles. The van der Waals surface area contributed by atoms with Gasteiger partial charge in [-0.2, -0.15) is 0 Å². The van der Waals surface area contributed by atoms with Crippen LogP contribution in [0.1, 0.15) is 24.0 Å². The lowest BCUT2D eigenvalue weighted by atomic mass is 10.2. The lowest BCUT2D eigenvalue weighted by Crippen LogP contribution is -2.37. The molecular formula is C14H17N5O2. The highest BCUT2D eigenvalue weighted by Crippen LogP contribution is 2.25. The number of nitrogens with zero attached hydrogens (tertiary/aromatic N) is 2. The Kier molecular flexibility index (Phi) is 3.47. The van der Waals surface area contributed by atoms with Crippen molar-refractivity contribution in [2.45, 2.75) is 25.4 Å². The van der Waals surface area contributed by atoms with Gasteiger partial charge in [0.2, 0.25) is 5.82 Å². The summed E-state index contributed by atoms with van der Waals surface area (Å²) >= 11 is 0. The predicted octanol–water partition coefficient (Wildman–Crippen LogP) is 0.495. The summed E-state index contributed by atoms with van der Waals surface area (Å²) in [6.07, 6.45) is 0.856. The molecule has 0 saturated carbocycles. The third kappa shape index (κ3) is 2.81. The number of aromatic amines is 2. The standard InChI is InChI=1S/C14H17N5O2/c1-9-7-10(8-19(9)11-5-3-2-4-6-11)15-13(20)12-16-14(21)18-17-12/h2-6,9-10H,7-8H2,1H3,(H,15,20)(H2,16,17,18,21)/t9-,10-/m1/s1. The van der Waals surface area contributed by atoms with E-state index in [4.69, 9.17) is 0 Å². The lowest BCUT2D eigenvalue weighted by Gasteiger charge is -2.23. The van der Waals surface area contributed by atoms with Gasteiger partial charge >= 0.3 is 5.69 Å². The Morgan fingerprint density at radius 2 is 2.14 bits per heavy atom. The minimum absolute atomic E-state index is 0.0193. The Bertz CT molecular complexity index is 678. The molecule has 0 bridgehead atoms. The molecule has 21 heavy (non-hydrogen) atoms. The van der Waals surface area contributed by atoms with E-state index in [9.17, 15) is 9.59 Å². The van der Waals surface area contributed by atoms with Crippen molar-refractivity contribution in [2.75, 3.05) is 11.4 Å². The molecule has 0 unspecified atom stereocenters. The SMILES string of the molecule is C[C@@H]1C[C@@H](NC(=O)c2n[nH]c(=O)[nH]2)CN1c1ccccc1. The molecule has 110 valence electrons. The summed E-state index contributed by atoms with van der Waals surface area (Å²) in [5, 5.41) is 8.73. The molecule has 0 radical (unpaired) electrons. The van der Waals surface area contributed by atoms with Gasteiger partial charge in [-0.25, -0.2) is 9.89 Å². The molecule has 1 aromatic heterocycles. The molecule has 0 aliphatic carbocycles. The molecule has 1 aromatic carbocycles. The fraction of sp³-hybridized carbons (Fsp3) is 0.357. The number of carbonyl (C=O) groups is 1. The molecule has 1 aliphatic heterocycles. The normalized spacial score (nSPS) is 21.5. The van der Waals surface area contributed by atoms with Crippen LogP contribution in [0, 0.1) is 0 Å². The first-order valence-corrected chi connectivity index (χ1v) is 6.90. The number of nitrogens with one attached hydrogen (secondary N) is 3. The molecule has 0 spiro atoms. The summed E-state index contributed by atoms with van der Waals surface area (Å²) in [5.74, 6) is -0.341. The van der Waals surface area contributed by atoms with Gasteiger partial charge in [0, 0.05) is 24.3 Å². The first-order valence-electron chi connectivity index (χ1n) is 6.90. The Balaban J connectivity index is 1.66. The molecule has 1 amide bonds. The van der Waals surface area contributed by atoms with Crippen LogP contribution in [0.3, 0.4) is 0 Å². The molecular weight excluding hydrogens is 270 g/mol. The summed E-state index contributed by atoms with van der Waals surface area (Å²) in [5.41, 5.74) is 0.667. The number of hydrogen-bond donors (Lipinski definition) is 3. The minimum Gasteiger partial charge on any atom is -0.367 e. The zero-order valence-electron chi connectivity index (χ0n) is 11.7. The van der Waals surface area contributed by atoms with Crippen LogP contribution in [0.15, 0.2) is 35.1 Å². The zero-order valence-corrected chi connectivity index (χ0v) is 11.7. The Labute approximate surface area is 121 Å². The Morgan fingerprint density at radius 3 is 2.81 bits per heavy atom. The van der Waals surface area contributed by atoms with Gasteiger partial charge in [-0.15, -0.1) is 5.10 Å². The maximum Gasteiger partial charge on any atom is 0.341 e. The number of H-pyrrole nitrogens is 2. The summed E-state index contributed by atoms with van der Waals surface area (Å²) in [4.78, 5) is 27.6. The van der Waals surface area contributed by atoms with E-state index >= 15 is 0 Å². The van der Waals surface area contributed by atoms with Gasteiger partial charge in [0.1, 0.15) is 0 Å². The smallest absolute Gasteiger partial charge is 0.341 e. The van der Waals surface area contributed by atoms with Crippen molar-refractivity contribution >= 4 is 11.6 Å². The molecule has 1 fully saturated rings. The van der Waals surface area contributed by atoms with Crippen LogP contribution >= 0.6 is 0 Å². The van der Waals surface area contributed by atoms with Gasteiger partial charge in [-0.1, -0.05) is 18.2 Å². The average molecular weight is 287 g/mol. The molecule has 2 atom stereocenters. The molecule has 3 N–H and O–H groups in total. The van der Waals surface area contributed by atoms with Crippen LogP contribution < -0.4 is 15.9 Å². The second kappa shape index (κ2) is 5.43. The van der Waals surface area contributed by atoms with Crippen LogP contribution in [0.4, 0.5) is 5.69 Å². The zero-order chi connectivity index (χ0) is 14.8. The van der Waals surface area contributed by atoms with E-state index < -0.39 is 5.69 Å². The fourth-order valence-corrected chi connectivity index (χ4v) is 2.75. The van der Waals surface area contributed by atoms with Gasteiger partial charge in [-0.3, -0.25) is 9.78 Å². The van der Waals surface area contributed by atoms with Crippen LogP contribution in [0.2, 0.25) is 0 Å². The van der Waals surface area contributed by atoms with Crippen molar-refractivity contribution < 1.29 is 4.79 Å². The second-order valence-electron chi connectivity index (χ2n) is 5.27. The monoisotopic (exact) mass is 287 g/mol. The summed E-state index contributed by atoms with van der Waals surface area (Å²) in [6, 6.07) is 10.5. The van der Waals surface area contributed by atoms with Gasteiger partial charge in [0.05, 0.1) is 0 Å². The Hall–Kier alpha value is -2.57. The van der Waals surface area contributed by atoms with E-state index in [0.717, 1.165) is 18.7 Å². The molecule has 7 nitrogen and oxygen atoms in total. The number of amides is 1. The average Bonchev–Trinajstić information content (AvgIpc) is 3.06. The van der Waals surface area contributed by atoms with E-state index in [1.165, 1.54) is 0 Å². The lowest BCUT2D eigenvalue weighted by molar-refractivity contribution is 0.0930. The van der Waals surface area contributed by atoms with Crippen LogP contribution in [0.25, 0.3) is 0 Å². The number of hydrogen-bond acceptors (Lipinski definition) is 4. The highest BCUT2D eigenvalue weighted by Gasteiger charge is 2.30. The number of para-hydroxylation sites is 1. The third-order valence-corrected chi connectivity index (χ3v) is 3.71.